The number of nitrogens with zero attached hydrogens (tertiary/aromatic N) is 1. The van der Waals surface area contributed by atoms with E-state index >= 15 is 0 Å². The first-order valence-electron chi connectivity index (χ1n) is 5.88. The van der Waals surface area contributed by atoms with E-state index in [1.54, 1.807) is 0 Å². The Bertz CT molecular complexity index is 428. The first-order valence-corrected chi connectivity index (χ1v) is 6.67. The number of piperidine rings is 1. The maximum Gasteiger partial charge on any atom is 0.0410 e. The van der Waals surface area contributed by atoms with Crippen LogP contribution < -0.4 is 5.32 Å². The number of pyridine rings is 1. The Morgan fingerprint density at radius 2 is 2.31 bits per heavy atom. The summed E-state index contributed by atoms with van der Waals surface area (Å²) in [5.74, 6) is 0.739. The molecule has 2 unspecified atom stereocenters. The maximum atomic E-state index is 4.24. The summed E-state index contributed by atoms with van der Waals surface area (Å²) in [5, 5.41) is 3.61. The largest absolute Gasteiger partial charge is 0.313 e. The van der Waals surface area contributed by atoms with Crippen molar-refractivity contribution in [1.29, 1.82) is 0 Å². The molecule has 3 heteroatoms. The Hall–Kier alpha value is -0.670. The minimum absolute atomic E-state index is 0.669. The lowest BCUT2D eigenvalue weighted by molar-refractivity contribution is 0.348. The van der Waals surface area contributed by atoms with E-state index in [0.717, 1.165) is 16.8 Å². The monoisotopic (exact) mass is 278 g/mol. The summed E-state index contributed by atoms with van der Waals surface area (Å²) < 4.78 is 1.06. The highest BCUT2D eigenvalue weighted by atomic mass is 79.9. The molecule has 3 rings (SSSR count). The molecular formula is C13H15BrN2. The molecule has 1 aliphatic carbocycles. The van der Waals surface area contributed by atoms with Gasteiger partial charge in [0.25, 0.3) is 0 Å². The second-order valence-corrected chi connectivity index (χ2v) is 5.57. The Balaban J connectivity index is 1.86. The van der Waals surface area contributed by atoms with Gasteiger partial charge in [-0.3, -0.25) is 4.98 Å². The van der Waals surface area contributed by atoms with Gasteiger partial charge in [0.15, 0.2) is 0 Å². The fourth-order valence-corrected chi connectivity index (χ4v) is 3.13. The van der Waals surface area contributed by atoms with Crippen LogP contribution in [0.25, 0.3) is 5.57 Å². The molecule has 16 heavy (non-hydrogen) atoms. The van der Waals surface area contributed by atoms with Crippen LogP contribution in [0.4, 0.5) is 0 Å². The Morgan fingerprint density at radius 1 is 1.38 bits per heavy atom. The summed E-state index contributed by atoms with van der Waals surface area (Å²) in [6.07, 6.45) is 10.0. The van der Waals surface area contributed by atoms with Crippen LogP contribution in [-0.4, -0.2) is 17.6 Å². The Kier molecular flexibility index (Phi) is 2.82. The lowest BCUT2D eigenvalue weighted by atomic mass is 9.94. The third kappa shape index (κ3) is 1.94. The molecule has 2 heterocycles. The zero-order valence-corrected chi connectivity index (χ0v) is 10.7. The Labute approximate surface area is 104 Å². The summed E-state index contributed by atoms with van der Waals surface area (Å²) in [5.41, 5.74) is 2.73. The van der Waals surface area contributed by atoms with Crippen molar-refractivity contribution in [3.05, 3.63) is 34.6 Å². The molecule has 0 amide bonds. The molecule has 1 N–H and O–H groups in total. The topological polar surface area (TPSA) is 24.9 Å². The predicted molar refractivity (Wildman–Crippen MR) is 69.0 cm³/mol. The molecule has 2 atom stereocenters. The number of rotatable bonds is 1. The molecule has 0 aromatic carbocycles. The van der Waals surface area contributed by atoms with Crippen molar-refractivity contribution in [3.63, 3.8) is 0 Å². The number of hydrogen-bond donors (Lipinski definition) is 1. The maximum absolute atomic E-state index is 4.24. The predicted octanol–water partition coefficient (Wildman–Crippen LogP) is 3.00. The normalized spacial score (nSPS) is 28.7. The molecule has 2 nitrogen and oxygen atoms in total. The third-order valence-electron chi connectivity index (χ3n) is 3.57. The van der Waals surface area contributed by atoms with E-state index in [-0.39, 0.29) is 0 Å². The first-order chi connectivity index (χ1) is 7.83. The number of nitrogens with one attached hydrogen (secondary N) is 1. The summed E-state index contributed by atoms with van der Waals surface area (Å²) in [6.45, 7) is 1.18. The highest BCUT2D eigenvalue weighted by Gasteiger charge is 2.29. The van der Waals surface area contributed by atoms with Gasteiger partial charge in [-0.05, 0) is 64.9 Å². The van der Waals surface area contributed by atoms with Crippen LogP contribution in [0, 0.1) is 5.92 Å². The highest BCUT2D eigenvalue weighted by molar-refractivity contribution is 9.10. The molecular weight excluding hydrogens is 264 g/mol. The van der Waals surface area contributed by atoms with Crippen LogP contribution in [0.5, 0.6) is 0 Å². The van der Waals surface area contributed by atoms with Crippen LogP contribution in [0.1, 0.15) is 24.8 Å². The van der Waals surface area contributed by atoms with E-state index < -0.39 is 0 Å². The number of aromatic nitrogens is 1. The van der Waals surface area contributed by atoms with Crippen molar-refractivity contribution >= 4 is 21.5 Å². The lowest BCUT2D eigenvalue weighted by Crippen LogP contribution is -2.37. The first kappa shape index (κ1) is 10.5. The molecule has 0 spiro atoms. The molecule has 84 valence electrons. The van der Waals surface area contributed by atoms with Gasteiger partial charge in [0, 0.05) is 22.9 Å². The van der Waals surface area contributed by atoms with Crippen molar-refractivity contribution in [1.82, 2.24) is 10.3 Å². The summed E-state index contributed by atoms with van der Waals surface area (Å²) in [7, 11) is 0. The van der Waals surface area contributed by atoms with E-state index in [4.69, 9.17) is 0 Å². The number of halogens is 1. The summed E-state index contributed by atoms with van der Waals surface area (Å²) in [6, 6.07) is 2.83. The Morgan fingerprint density at radius 3 is 3.12 bits per heavy atom. The smallest absolute Gasteiger partial charge is 0.0410 e. The molecule has 1 aromatic heterocycles. The second-order valence-electron chi connectivity index (χ2n) is 4.65. The lowest BCUT2D eigenvalue weighted by Gasteiger charge is -2.25. The van der Waals surface area contributed by atoms with Gasteiger partial charge >= 0.3 is 0 Å². The molecule has 0 bridgehead atoms. The van der Waals surface area contributed by atoms with E-state index in [1.165, 1.54) is 30.5 Å². The molecule has 1 aromatic rings. The zero-order valence-electron chi connectivity index (χ0n) is 9.12. The SMILES string of the molecule is Brc1cncc(C2=CC3CCCNC3C2)c1. The van der Waals surface area contributed by atoms with E-state index in [0.29, 0.717) is 6.04 Å². The molecule has 0 radical (unpaired) electrons. The summed E-state index contributed by atoms with van der Waals surface area (Å²) >= 11 is 3.48. The van der Waals surface area contributed by atoms with Crippen molar-refractivity contribution in [2.45, 2.75) is 25.3 Å². The van der Waals surface area contributed by atoms with Crippen LogP contribution in [0.3, 0.4) is 0 Å². The molecule has 1 aliphatic heterocycles. The molecule has 1 saturated heterocycles. The van der Waals surface area contributed by atoms with Gasteiger partial charge in [-0.1, -0.05) is 6.08 Å². The van der Waals surface area contributed by atoms with Crippen LogP contribution in [-0.2, 0) is 0 Å². The average molecular weight is 279 g/mol. The fourth-order valence-electron chi connectivity index (χ4n) is 2.77. The molecule has 2 aliphatic rings. The average Bonchev–Trinajstić information content (AvgIpc) is 2.72. The third-order valence-corrected chi connectivity index (χ3v) is 4.00. The van der Waals surface area contributed by atoms with E-state index in [1.807, 2.05) is 12.4 Å². The molecule has 0 saturated carbocycles. The fraction of sp³-hybridized carbons (Fsp3) is 0.462. The van der Waals surface area contributed by atoms with Gasteiger partial charge in [0.1, 0.15) is 0 Å². The van der Waals surface area contributed by atoms with Crippen LogP contribution >= 0.6 is 15.9 Å². The van der Waals surface area contributed by atoms with E-state index in [9.17, 15) is 0 Å². The van der Waals surface area contributed by atoms with Crippen molar-refractivity contribution < 1.29 is 0 Å². The minimum atomic E-state index is 0.669. The second kappa shape index (κ2) is 4.30. The van der Waals surface area contributed by atoms with Crippen LogP contribution in [0.15, 0.2) is 29.0 Å². The van der Waals surface area contributed by atoms with Gasteiger partial charge in [0.2, 0.25) is 0 Å². The minimum Gasteiger partial charge on any atom is -0.313 e. The standard InChI is InChI=1S/C13H15BrN2/c14-12-5-11(7-15-8-12)10-4-9-2-1-3-16-13(9)6-10/h4-5,7-9,13,16H,1-3,6H2. The van der Waals surface area contributed by atoms with Crippen molar-refractivity contribution in [3.8, 4) is 0 Å². The van der Waals surface area contributed by atoms with Crippen molar-refractivity contribution in [2.24, 2.45) is 5.92 Å². The van der Waals surface area contributed by atoms with Gasteiger partial charge in [-0.2, -0.15) is 0 Å². The zero-order chi connectivity index (χ0) is 11.0. The van der Waals surface area contributed by atoms with Crippen LogP contribution in [0.2, 0.25) is 0 Å². The van der Waals surface area contributed by atoms with Gasteiger partial charge in [0.05, 0.1) is 0 Å². The van der Waals surface area contributed by atoms with Gasteiger partial charge < -0.3 is 5.32 Å². The van der Waals surface area contributed by atoms with E-state index in [2.05, 4.69) is 38.4 Å². The summed E-state index contributed by atoms with van der Waals surface area (Å²) in [4.78, 5) is 4.24. The number of fused-ring (bicyclic) bond motifs is 1. The highest BCUT2D eigenvalue weighted by Crippen LogP contribution is 2.36. The number of hydrogen-bond acceptors (Lipinski definition) is 2. The van der Waals surface area contributed by atoms with Gasteiger partial charge in [-0.25, -0.2) is 0 Å². The molecule has 1 fully saturated rings. The quantitative estimate of drug-likeness (QED) is 0.854. The van der Waals surface area contributed by atoms with Gasteiger partial charge in [-0.15, -0.1) is 0 Å². The van der Waals surface area contributed by atoms with Crippen molar-refractivity contribution in [2.75, 3.05) is 6.54 Å².